The number of benzene rings is 1. The van der Waals surface area contributed by atoms with Crippen LogP contribution in [0.1, 0.15) is 26.2 Å². The molecule has 1 aliphatic heterocycles. The van der Waals surface area contributed by atoms with E-state index in [1.54, 1.807) is 7.05 Å². The van der Waals surface area contributed by atoms with E-state index in [0.29, 0.717) is 18.9 Å². The summed E-state index contributed by atoms with van der Waals surface area (Å²) < 4.78 is 5.89. The molecular formula is C19H31IN4O2. The number of ether oxygens (including phenoxy) is 1. The number of para-hydroxylation sites is 1. The Balaban J connectivity index is 0.00000338. The quantitative estimate of drug-likeness (QED) is 0.378. The molecule has 6 nitrogen and oxygen atoms in total. The minimum absolute atomic E-state index is 0. The molecule has 1 fully saturated rings. The number of likely N-dealkylation sites (tertiary alicyclic amines) is 1. The van der Waals surface area contributed by atoms with Crippen molar-refractivity contribution in [1.82, 2.24) is 15.5 Å². The van der Waals surface area contributed by atoms with Gasteiger partial charge in [-0.3, -0.25) is 9.79 Å². The van der Waals surface area contributed by atoms with Crippen LogP contribution in [0, 0.1) is 5.92 Å². The van der Waals surface area contributed by atoms with E-state index in [-0.39, 0.29) is 36.0 Å². The molecule has 7 heteroatoms. The van der Waals surface area contributed by atoms with Gasteiger partial charge >= 0.3 is 0 Å². The van der Waals surface area contributed by atoms with Gasteiger partial charge in [0.25, 0.3) is 0 Å². The fourth-order valence-corrected chi connectivity index (χ4v) is 3.05. The predicted molar refractivity (Wildman–Crippen MR) is 116 cm³/mol. The first kappa shape index (κ1) is 22.5. The van der Waals surface area contributed by atoms with Crippen molar-refractivity contribution in [3.63, 3.8) is 0 Å². The monoisotopic (exact) mass is 474 g/mol. The molecular weight excluding hydrogens is 443 g/mol. The van der Waals surface area contributed by atoms with Crippen LogP contribution in [0.15, 0.2) is 35.3 Å². The van der Waals surface area contributed by atoms with Crippen LogP contribution in [-0.4, -0.2) is 56.6 Å². The van der Waals surface area contributed by atoms with Crippen molar-refractivity contribution >= 4 is 35.8 Å². The summed E-state index contributed by atoms with van der Waals surface area (Å²) in [5, 5.41) is 6.11. The molecule has 0 aliphatic carbocycles. The van der Waals surface area contributed by atoms with E-state index < -0.39 is 0 Å². The van der Waals surface area contributed by atoms with E-state index in [2.05, 4.69) is 20.5 Å². The first-order chi connectivity index (χ1) is 12.1. The molecule has 2 N–H and O–H groups in total. The smallest absolute Gasteiger partial charge is 0.220 e. The maximum absolute atomic E-state index is 11.5. The van der Waals surface area contributed by atoms with Crippen LogP contribution >= 0.6 is 24.0 Å². The summed E-state index contributed by atoms with van der Waals surface area (Å²) in [4.78, 5) is 18.2. The van der Waals surface area contributed by atoms with E-state index in [1.165, 1.54) is 0 Å². The maximum Gasteiger partial charge on any atom is 0.220 e. The SMILES string of the molecule is CN=C(NCC(C)Oc1ccccc1)N1CCC(CC(=O)NC)CC1.I. The second-order valence-corrected chi connectivity index (χ2v) is 6.48. The highest BCUT2D eigenvalue weighted by Gasteiger charge is 2.23. The van der Waals surface area contributed by atoms with E-state index in [0.717, 1.165) is 37.6 Å². The van der Waals surface area contributed by atoms with Crippen LogP contribution in [0.4, 0.5) is 0 Å². The predicted octanol–water partition coefficient (Wildman–Crippen LogP) is 2.50. The number of halogens is 1. The van der Waals surface area contributed by atoms with Gasteiger partial charge < -0.3 is 20.3 Å². The molecule has 1 heterocycles. The molecule has 0 radical (unpaired) electrons. The number of carbonyl (C=O) groups excluding carboxylic acids is 1. The van der Waals surface area contributed by atoms with E-state index in [9.17, 15) is 4.79 Å². The van der Waals surface area contributed by atoms with Gasteiger partial charge in [-0.1, -0.05) is 18.2 Å². The van der Waals surface area contributed by atoms with Crippen LogP contribution in [-0.2, 0) is 4.79 Å². The molecule has 1 aliphatic rings. The second-order valence-electron chi connectivity index (χ2n) is 6.48. The van der Waals surface area contributed by atoms with Gasteiger partial charge in [0, 0.05) is 33.6 Å². The Bertz CT molecular complexity index is 560. The number of hydrogen-bond acceptors (Lipinski definition) is 3. The van der Waals surface area contributed by atoms with Crippen molar-refractivity contribution in [2.75, 3.05) is 33.7 Å². The standard InChI is InChI=1S/C19H30N4O2.HI/c1-15(25-17-7-5-4-6-8-17)14-22-19(21-3)23-11-9-16(10-12-23)13-18(24)20-2;/h4-8,15-16H,9-14H2,1-3H3,(H,20,24)(H,21,22);1H. The van der Waals surface area contributed by atoms with E-state index >= 15 is 0 Å². The van der Waals surface area contributed by atoms with Gasteiger partial charge in [-0.05, 0) is 37.8 Å². The minimum Gasteiger partial charge on any atom is -0.489 e. The summed E-state index contributed by atoms with van der Waals surface area (Å²) in [6.45, 7) is 4.59. The normalized spacial score (nSPS) is 16.4. The molecule has 1 aromatic carbocycles. The van der Waals surface area contributed by atoms with Crippen molar-refractivity contribution in [3.8, 4) is 5.75 Å². The van der Waals surface area contributed by atoms with Gasteiger partial charge in [0.15, 0.2) is 5.96 Å². The van der Waals surface area contributed by atoms with Gasteiger partial charge in [0.1, 0.15) is 11.9 Å². The van der Waals surface area contributed by atoms with Gasteiger partial charge in [-0.25, -0.2) is 0 Å². The Kier molecular flexibility index (Phi) is 10.4. The zero-order valence-corrected chi connectivity index (χ0v) is 18.2. The maximum atomic E-state index is 11.5. The Morgan fingerprint density at radius 3 is 2.54 bits per heavy atom. The van der Waals surface area contributed by atoms with Crippen LogP contribution < -0.4 is 15.4 Å². The molecule has 1 unspecified atom stereocenters. The molecule has 146 valence electrons. The zero-order valence-electron chi connectivity index (χ0n) is 15.9. The number of guanidine groups is 1. The number of amides is 1. The number of nitrogens with zero attached hydrogens (tertiary/aromatic N) is 2. The van der Waals surface area contributed by atoms with E-state index in [1.807, 2.05) is 44.3 Å². The van der Waals surface area contributed by atoms with Crippen molar-refractivity contribution in [2.45, 2.75) is 32.3 Å². The van der Waals surface area contributed by atoms with Crippen LogP contribution in [0.5, 0.6) is 5.75 Å². The summed E-state index contributed by atoms with van der Waals surface area (Å²) in [6.07, 6.45) is 2.71. The van der Waals surface area contributed by atoms with Crippen molar-refractivity contribution < 1.29 is 9.53 Å². The topological polar surface area (TPSA) is 66.0 Å². The van der Waals surface area contributed by atoms with Gasteiger partial charge in [0.2, 0.25) is 5.91 Å². The molecule has 0 bridgehead atoms. The fourth-order valence-electron chi connectivity index (χ4n) is 3.05. The Hall–Kier alpha value is -1.51. The van der Waals surface area contributed by atoms with Crippen LogP contribution in [0.25, 0.3) is 0 Å². The van der Waals surface area contributed by atoms with Crippen molar-refractivity contribution in [1.29, 1.82) is 0 Å². The number of rotatable bonds is 6. The molecule has 1 amide bonds. The average Bonchev–Trinajstić information content (AvgIpc) is 2.64. The lowest BCUT2D eigenvalue weighted by Gasteiger charge is -2.34. The molecule has 0 saturated carbocycles. The van der Waals surface area contributed by atoms with Crippen LogP contribution in [0.2, 0.25) is 0 Å². The fraction of sp³-hybridized carbons (Fsp3) is 0.579. The lowest BCUT2D eigenvalue weighted by Crippen LogP contribution is -2.48. The molecule has 26 heavy (non-hydrogen) atoms. The van der Waals surface area contributed by atoms with Crippen molar-refractivity contribution in [2.24, 2.45) is 10.9 Å². The van der Waals surface area contributed by atoms with Gasteiger partial charge in [-0.2, -0.15) is 0 Å². The number of piperidine rings is 1. The third-order valence-corrected chi connectivity index (χ3v) is 4.51. The molecule has 2 rings (SSSR count). The Morgan fingerprint density at radius 1 is 1.31 bits per heavy atom. The lowest BCUT2D eigenvalue weighted by molar-refractivity contribution is -0.121. The third kappa shape index (κ3) is 7.39. The molecule has 1 atom stereocenters. The first-order valence-corrected chi connectivity index (χ1v) is 9.00. The summed E-state index contributed by atoms with van der Waals surface area (Å²) in [5.41, 5.74) is 0. The largest absolute Gasteiger partial charge is 0.489 e. The average molecular weight is 474 g/mol. The molecule has 1 aromatic rings. The number of carbonyl (C=O) groups is 1. The first-order valence-electron chi connectivity index (χ1n) is 9.00. The van der Waals surface area contributed by atoms with Gasteiger partial charge in [-0.15, -0.1) is 24.0 Å². The Morgan fingerprint density at radius 2 is 1.96 bits per heavy atom. The summed E-state index contributed by atoms with van der Waals surface area (Å²) in [5.74, 6) is 2.38. The number of aliphatic imine (C=N–C) groups is 1. The van der Waals surface area contributed by atoms with E-state index in [4.69, 9.17) is 4.74 Å². The third-order valence-electron chi connectivity index (χ3n) is 4.51. The number of hydrogen-bond donors (Lipinski definition) is 2. The van der Waals surface area contributed by atoms with Crippen molar-refractivity contribution in [3.05, 3.63) is 30.3 Å². The second kappa shape index (κ2) is 12.0. The summed E-state index contributed by atoms with van der Waals surface area (Å²) in [7, 11) is 3.50. The van der Waals surface area contributed by atoms with Gasteiger partial charge in [0.05, 0.1) is 6.54 Å². The Labute approximate surface area is 173 Å². The summed E-state index contributed by atoms with van der Waals surface area (Å²) in [6, 6.07) is 9.84. The summed E-state index contributed by atoms with van der Waals surface area (Å²) >= 11 is 0. The highest BCUT2D eigenvalue weighted by Crippen LogP contribution is 2.20. The zero-order chi connectivity index (χ0) is 18.1. The molecule has 0 aromatic heterocycles. The minimum atomic E-state index is 0. The molecule has 0 spiro atoms. The highest BCUT2D eigenvalue weighted by molar-refractivity contribution is 14.0. The van der Waals surface area contributed by atoms with Crippen LogP contribution in [0.3, 0.4) is 0 Å². The molecule has 1 saturated heterocycles. The number of nitrogens with one attached hydrogen (secondary N) is 2. The highest BCUT2D eigenvalue weighted by atomic mass is 127. The lowest BCUT2D eigenvalue weighted by atomic mass is 9.93.